The van der Waals surface area contributed by atoms with Crippen LogP contribution in [0.4, 0.5) is 0 Å². The van der Waals surface area contributed by atoms with Gasteiger partial charge in [-0.15, -0.1) is 0 Å². The molecule has 17 heavy (non-hydrogen) atoms. The van der Waals surface area contributed by atoms with Crippen LogP contribution in [0.1, 0.15) is 27.2 Å². The van der Waals surface area contributed by atoms with Crippen LogP contribution in [0.2, 0.25) is 0 Å². The van der Waals surface area contributed by atoms with Crippen molar-refractivity contribution in [1.82, 2.24) is 9.97 Å². The molecule has 0 aliphatic rings. The van der Waals surface area contributed by atoms with Crippen LogP contribution >= 0.6 is 0 Å². The molecule has 0 aliphatic carbocycles. The van der Waals surface area contributed by atoms with Gasteiger partial charge in [0.05, 0.1) is 12.0 Å². The summed E-state index contributed by atoms with van der Waals surface area (Å²) in [6.45, 7) is 1.65. The summed E-state index contributed by atoms with van der Waals surface area (Å²) in [5.41, 5.74) is 1.81. The van der Waals surface area contributed by atoms with E-state index in [9.17, 15) is 9.90 Å². The molecule has 2 rings (SSSR count). The third kappa shape index (κ3) is 2.13. The Morgan fingerprint density at radius 3 is 2.82 bits per heavy atom. The molecule has 3 N–H and O–H groups in total. The van der Waals surface area contributed by atoms with Gasteiger partial charge in [-0.3, -0.25) is 0 Å². The number of carboxylic acid groups (broad SMARTS) is 1. The largest absolute Gasteiger partial charge is 0.507 e. The standard InChI is InChI=1S/C12H12N2O3/c1-7-2-3-8(4-9-5-13-6-14-9)11(15)10(7)12(16)17/h2-3,5-6,15H,4H2,1H3,(H,13,14)(H,16,17). The summed E-state index contributed by atoms with van der Waals surface area (Å²) in [6, 6.07) is 3.40. The van der Waals surface area contributed by atoms with Crippen LogP contribution in [0, 0.1) is 6.92 Å². The van der Waals surface area contributed by atoms with E-state index in [1.54, 1.807) is 31.6 Å². The molecule has 5 heteroatoms. The fourth-order valence-electron chi connectivity index (χ4n) is 1.73. The van der Waals surface area contributed by atoms with Crippen LogP contribution in [0.3, 0.4) is 0 Å². The number of aryl methyl sites for hydroxylation is 1. The predicted octanol–water partition coefficient (Wildman–Crippen LogP) is 1.71. The molecule has 2 aromatic rings. The number of rotatable bonds is 3. The second kappa shape index (κ2) is 4.29. The molecule has 0 fully saturated rings. The maximum Gasteiger partial charge on any atom is 0.339 e. The number of imidazole rings is 1. The topological polar surface area (TPSA) is 86.2 Å². The first-order valence-electron chi connectivity index (χ1n) is 5.12. The highest BCUT2D eigenvalue weighted by atomic mass is 16.4. The molecule has 0 unspecified atom stereocenters. The summed E-state index contributed by atoms with van der Waals surface area (Å²) in [5.74, 6) is -1.30. The summed E-state index contributed by atoms with van der Waals surface area (Å²) in [6.07, 6.45) is 3.65. The molecule has 0 radical (unpaired) electrons. The van der Waals surface area contributed by atoms with Gasteiger partial charge in [0.15, 0.2) is 0 Å². The van der Waals surface area contributed by atoms with Crippen LogP contribution < -0.4 is 0 Å². The number of nitrogens with one attached hydrogen (secondary N) is 1. The van der Waals surface area contributed by atoms with Gasteiger partial charge in [-0.2, -0.15) is 0 Å². The van der Waals surface area contributed by atoms with Crippen molar-refractivity contribution in [1.29, 1.82) is 0 Å². The number of phenols is 1. The smallest absolute Gasteiger partial charge is 0.339 e. The Labute approximate surface area is 97.8 Å². The van der Waals surface area contributed by atoms with Crippen LogP contribution in [-0.4, -0.2) is 26.2 Å². The van der Waals surface area contributed by atoms with Crippen LogP contribution in [0.15, 0.2) is 24.7 Å². The molecule has 0 atom stereocenters. The lowest BCUT2D eigenvalue weighted by Crippen LogP contribution is -2.03. The molecular formula is C12H12N2O3. The molecular weight excluding hydrogens is 220 g/mol. The van der Waals surface area contributed by atoms with E-state index in [2.05, 4.69) is 9.97 Å². The van der Waals surface area contributed by atoms with Crippen molar-refractivity contribution in [3.63, 3.8) is 0 Å². The lowest BCUT2D eigenvalue weighted by atomic mass is 10.0. The summed E-state index contributed by atoms with van der Waals surface area (Å²) < 4.78 is 0. The van der Waals surface area contributed by atoms with Gasteiger partial charge in [-0.05, 0) is 12.5 Å². The Morgan fingerprint density at radius 2 is 2.24 bits per heavy atom. The minimum Gasteiger partial charge on any atom is -0.507 e. The van der Waals surface area contributed by atoms with Gasteiger partial charge < -0.3 is 15.2 Å². The van der Waals surface area contributed by atoms with Gasteiger partial charge in [-0.1, -0.05) is 12.1 Å². The number of carboxylic acids is 1. The molecule has 0 spiro atoms. The molecule has 88 valence electrons. The number of aromatic carboxylic acids is 1. The molecule has 1 heterocycles. The number of carbonyl (C=O) groups is 1. The molecule has 0 amide bonds. The number of hydrogen-bond acceptors (Lipinski definition) is 3. The highest BCUT2D eigenvalue weighted by Gasteiger charge is 2.16. The number of hydrogen-bond donors (Lipinski definition) is 3. The van der Waals surface area contributed by atoms with E-state index in [1.807, 2.05) is 0 Å². The van der Waals surface area contributed by atoms with Gasteiger partial charge in [0.2, 0.25) is 0 Å². The number of nitrogens with zero attached hydrogens (tertiary/aromatic N) is 1. The molecule has 1 aromatic heterocycles. The first-order chi connectivity index (χ1) is 8.09. The average molecular weight is 232 g/mol. The normalized spacial score (nSPS) is 10.4. The van der Waals surface area contributed by atoms with Gasteiger partial charge >= 0.3 is 5.97 Å². The minimum atomic E-state index is -1.12. The Morgan fingerprint density at radius 1 is 1.47 bits per heavy atom. The lowest BCUT2D eigenvalue weighted by Gasteiger charge is -2.08. The van der Waals surface area contributed by atoms with E-state index in [4.69, 9.17) is 5.11 Å². The van der Waals surface area contributed by atoms with Gasteiger partial charge in [0.25, 0.3) is 0 Å². The average Bonchev–Trinajstić information content (AvgIpc) is 2.74. The van der Waals surface area contributed by atoms with Gasteiger partial charge in [0, 0.05) is 18.2 Å². The minimum absolute atomic E-state index is 0.0435. The molecule has 0 aliphatic heterocycles. The second-order valence-corrected chi connectivity index (χ2v) is 3.81. The van der Waals surface area contributed by atoms with Gasteiger partial charge in [0.1, 0.15) is 11.3 Å². The zero-order valence-corrected chi connectivity index (χ0v) is 9.27. The van der Waals surface area contributed by atoms with E-state index in [-0.39, 0.29) is 11.3 Å². The van der Waals surface area contributed by atoms with E-state index in [0.29, 0.717) is 17.5 Å². The Hall–Kier alpha value is -2.30. The predicted molar refractivity (Wildman–Crippen MR) is 61.2 cm³/mol. The van der Waals surface area contributed by atoms with E-state index in [1.165, 1.54) is 0 Å². The number of aromatic amines is 1. The summed E-state index contributed by atoms with van der Waals surface area (Å²) in [7, 11) is 0. The number of H-pyrrole nitrogens is 1. The van der Waals surface area contributed by atoms with Crippen LogP contribution in [0.25, 0.3) is 0 Å². The molecule has 0 bridgehead atoms. The first kappa shape index (κ1) is 11.2. The highest BCUT2D eigenvalue weighted by Crippen LogP contribution is 2.27. The SMILES string of the molecule is Cc1ccc(Cc2c[nH]cn2)c(O)c1C(=O)O. The van der Waals surface area contributed by atoms with Crippen molar-refractivity contribution in [3.05, 3.63) is 47.0 Å². The summed E-state index contributed by atoms with van der Waals surface area (Å²) >= 11 is 0. The maximum absolute atomic E-state index is 11.0. The lowest BCUT2D eigenvalue weighted by molar-refractivity contribution is 0.0692. The Kier molecular flexibility index (Phi) is 2.82. The van der Waals surface area contributed by atoms with Crippen molar-refractivity contribution in [3.8, 4) is 5.75 Å². The molecule has 0 saturated carbocycles. The third-order valence-corrected chi connectivity index (χ3v) is 2.61. The van der Waals surface area contributed by atoms with Crippen LogP contribution in [0.5, 0.6) is 5.75 Å². The number of aromatic hydroxyl groups is 1. The fraction of sp³-hybridized carbons (Fsp3) is 0.167. The van der Waals surface area contributed by atoms with Crippen molar-refractivity contribution in [2.45, 2.75) is 13.3 Å². The zero-order chi connectivity index (χ0) is 12.4. The van der Waals surface area contributed by atoms with Crippen LogP contribution in [-0.2, 0) is 6.42 Å². The molecule has 0 saturated heterocycles. The van der Waals surface area contributed by atoms with Crippen molar-refractivity contribution < 1.29 is 15.0 Å². The number of benzene rings is 1. The monoisotopic (exact) mass is 232 g/mol. The van der Waals surface area contributed by atoms with E-state index in [0.717, 1.165) is 5.69 Å². The second-order valence-electron chi connectivity index (χ2n) is 3.81. The third-order valence-electron chi connectivity index (χ3n) is 2.61. The Balaban J connectivity index is 2.42. The first-order valence-corrected chi connectivity index (χ1v) is 5.12. The Bertz CT molecular complexity index is 547. The summed E-state index contributed by atoms with van der Waals surface area (Å²) in [5, 5.41) is 18.9. The fourth-order valence-corrected chi connectivity index (χ4v) is 1.73. The van der Waals surface area contributed by atoms with Crippen molar-refractivity contribution in [2.24, 2.45) is 0 Å². The molecule has 1 aromatic carbocycles. The van der Waals surface area contributed by atoms with E-state index >= 15 is 0 Å². The van der Waals surface area contributed by atoms with Gasteiger partial charge in [-0.25, -0.2) is 9.78 Å². The number of aromatic nitrogens is 2. The van der Waals surface area contributed by atoms with Crippen molar-refractivity contribution in [2.75, 3.05) is 0 Å². The zero-order valence-electron chi connectivity index (χ0n) is 9.27. The van der Waals surface area contributed by atoms with E-state index < -0.39 is 5.97 Å². The summed E-state index contributed by atoms with van der Waals surface area (Å²) in [4.78, 5) is 17.9. The quantitative estimate of drug-likeness (QED) is 0.751. The maximum atomic E-state index is 11.0. The highest BCUT2D eigenvalue weighted by molar-refractivity contribution is 5.93. The van der Waals surface area contributed by atoms with Crippen molar-refractivity contribution >= 4 is 5.97 Å². The molecule has 5 nitrogen and oxygen atoms in total.